The molecule has 0 saturated heterocycles. The predicted molar refractivity (Wildman–Crippen MR) is 83.4 cm³/mol. The van der Waals surface area contributed by atoms with Gasteiger partial charge in [0.1, 0.15) is 11.5 Å². The van der Waals surface area contributed by atoms with E-state index in [1.807, 2.05) is 12.1 Å². The van der Waals surface area contributed by atoms with E-state index in [9.17, 15) is 0 Å². The van der Waals surface area contributed by atoms with Gasteiger partial charge in [0.15, 0.2) is 0 Å². The summed E-state index contributed by atoms with van der Waals surface area (Å²) in [5.41, 5.74) is 0. The van der Waals surface area contributed by atoms with Gasteiger partial charge in [-0.3, -0.25) is 0 Å². The Balaban J connectivity index is 2.79. The average Bonchev–Trinajstić information content (AvgIpc) is 2.28. The highest BCUT2D eigenvalue weighted by atomic mass is 127. The molecule has 0 aliphatic heterocycles. The monoisotopic (exact) mass is 446 g/mol. The van der Waals surface area contributed by atoms with Crippen LogP contribution in [0.3, 0.4) is 0 Å². The minimum atomic E-state index is 0.765. The van der Waals surface area contributed by atoms with E-state index in [-0.39, 0.29) is 0 Å². The topological polar surface area (TPSA) is 18.5 Å². The van der Waals surface area contributed by atoms with E-state index < -0.39 is 0 Å². The van der Waals surface area contributed by atoms with Crippen molar-refractivity contribution in [3.63, 3.8) is 0 Å². The lowest BCUT2D eigenvalue weighted by Gasteiger charge is -2.12. The van der Waals surface area contributed by atoms with E-state index >= 15 is 0 Å². The molecule has 0 bridgehead atoms. The van der Waals surface area contributed by atoms with E-state index in [1.54, 1.807) is 0 Å². The van der Waals surface area contributed by atoms with Crippen LogP contribution >= 0.6 is 45.2 Å². The highest BCUT2D eigenvalue weighted by Crippen LogP contribution is 2.31. The first-order chi connectivity index (χ1) is 7.69. The fraction of sp³-hybridized carbons (Fsp3) is 0.500. The highest BCUT2D eigenvalue weighted by molar-refractivity contribution is 14.1. The summed E-state index contributed by atoms with van der Waals surface area (Å²) in [5.74, 6) is 1.91. The summed E-state index contributed by atoms with van der Waals surface area (Å²) >= 11 is 4.57. The van der Waals surface area contributed by atoms with Crippen LogP contribution < -0.4 is 9.47 Å². The van der Waals surface area contributed by atoms with E-state index in [2.05, 4.69) is 59.0 Å². The molecule has 0 aromatic heterocycles. The molecule has 0 heterocycles. The van der Waals surface area contributed by atoms with Crippen LogP contribution in [-0.4, -0.2) is 13.2 Å². The number of halogens is 2. The van der Waals surface area contributed by atoms with Crippen LogP contribution in [0.1, 0.15) is 26.7 Å². The van der Waals surface area contributed by atoms with Gasteiger partial charge in [0.2, 0.25) is 0 Å². The van der Waals surface area contributed by atoms with Crippen LogP contribution in [0, 0.1) is 7.14 Å². The van der Waals surface area contributed by atoms with Gasteiger partial charge in [-0.15, -0.1) is 0 Å². The average molecular weight is 446 g/mol. The Bertz CT molecular complexity index is 306. The molecule has 0 atom stereocenters. The molecule has 1 rings (SSSR count). The molecule has 0 saturated carbocycles. The summed E-state index contributed by atoms with van der Waals surface area (Å²) in [4.78, 5) is 0. The second kappa shape index (κ2) is 7.58. The molecule has 0 amide bonds. The second-order valence-corrected chi connectivity index (χ2v) is 5.73. The maximum atomic E-state index is 5.66. The molecule has 2 nitrogen and oxygen atoms in total. The fourth-order valence-corrected chi connectivity index (χ4v) is 2.34. The predicted octanol–water partition coefficient (Wildman–Crippen LogP) is 4.47. The second-order valence-electron chi connectivity index (χ2n) is 3.41. The first-order valence-electron chi connectivity index (χ1n) is 5.43. The van der Waals surface area contributed by atoms with Gasteiger partial charge < -0.3 is 9.47 Å². The first-order valence-corrected chi connectivity index (χ1v) is 7.59. The number of benzene rings is 1. The highest BCUT2D eigenvalue weighted by Gasteiger charge is 2.08. The van der Waals surface area contributed by atoms with Gasteiger partial charge in [-0.25, -0.2) is 0 Å². The number of hydrogen-bond acceptors (Lipinski definition) is 2. The minimum absolute atomic E-state index is 0.765. The van der Waals surface area contributed by atoms with Gasteiger partial charge in [0.05, 0.1) is 20.4 Å². The third-order valence-corrected chi connectivity index (χ3v) is 3.60. The molecule has 0 spiro atoms. The van der Waals surface area contributed by atoms with Gasteiger partial charge in [-0.2, -0.15) is 0 Å². The van der Waals surface area contributed by atoms with Crippen molar-refractivity contribution >= 4 is 45.2 Å². The quantitative estimate of drug-likeness (QED) is 0.601. The van der Waals surface area contributed by atoms with Crippen molar-refractivity contribution in [2.24, 2.45) is 0 Å². The van der Waals surface area contributed by atoms with Gasteiger partial charge in [-0.1, -0.05) is 13.8 Å². The number of hydrogen-bond donors (Lipinski definition) is 0. The number of ether oxygens (including phenoxy) is 2. The SMILES string of the molecule is CCCOc1cc(I)c(OCCC)cc1I. The summed E-state index contributed by atoms with van der Waals surface area (Å²) in [7, 11) is 0. The number of rotatable bonds is 6. The zero-order chi connectivity index (χ0) is 12.0. The van der Waals surface area contributed by atoms with Crippen LogP contribution in [0.4, 0.5) is 0 Å². The third kappa shape index (κ3) is 4.27. The fourth-order valence-electron chi connectivity index (χ4n) is 1.16. The maximum absolute atomic E-state index is 5.66. The summed E-state index contributed by atoms with van der Waals surface area (Å²) in [6.45, 7) is 5.75. The molecule has 0 aliphatic rings. The lowest BCUT2D eigenvalue weighted by Crippen LogP contribution is -2.01. The first kappa shape index (κ1) is 14.3. The zero-order valence-corrected chi connectivity index (χ0v) is 13.9. The molecular weight excluding hydrogens is 430 g/mol. The van der Waals surface area contributed by atoms with E-state index in [4.69, 9.17) is 9.47 Å². The Morgan fingerprint density at radius 3 is 1.56 bits per heavy atom. The molecule has 1 aromatic rings. The molecule has 4 heteroatoms. The van der Waals surface area contributed by atoms with Gasteiger partial charge in [0.25, 0.3) is 0 Å². The van der Waals surface area contributed by atoms with E-state index in [0.717, 1.165) is 44.7 Å². The normalized spacial score (nSPS) is 10.2. The van der Waals surface area contributed by atoms with Gasteiger partial charge in [-0.05, 0) is 70.2 Å². The van der Waals surface area contributed by atoms with Crippen LogP contribution in [0.2, 0.25) is 0 Å². The van der Waals surface area contributed by atoms with Crippen LogP contribution in [0.5, 0.6) is 11.5 Å². The molecule has 0 N–H and O–H groups in total. The smallest absolute Gasteiger partial charge is 0.133 e. The molecule has 1 aromatic carbocycles. The Morgan fingerprint density at radius 2 is 1.25 bits per heavy atom. The Morgan fingerprint density at radius 1 is 0.875 bits per heavy atom. The molecule has 90 valence electrons. The van der Waals surface area contributed by atoms with E-state index in [1.165, 1.54) is 0 Å². The van der Waals surface area contributed by atoms with E-state index in [0.29, 0.717) is 0 Å². The molecule has 0 aliphatic carbocycles. The standard InChI is InChI=1S/C12H16I2O2/c1-3-5-15-11-7-10(14)12(8-9(11)13)16-6-4-2/h7-8H,3-6H2,1-2H3. The van der Waals surface area contributed by atoms with Crippen molar-refractivity contribution in [2.75, 3.05) is 13.2 Å². The Hall–Kier alpha value is 0.280. The van der Waals surface area contributed by atoms with Crippen molar-refractivity contribution in [1.82, 2.24) is 0 Å². The van der Waals surface area contributed by atoms with Crippen LogP contribution in [-0.2, 0) is 0 Å². The van der Waals surface area contributed by atoms with Crippen molar-refractivity contribution in [1.29, 1.82) is 0 Å². The lowest BCUT2D eigenvalue weighted by atomic mass is 10.3. The summed E-state index contributed by atoms with van der Waals surface area (Å²) in [5, 5.41) is 0. The largest absolute Gasteiger partial charge is 0.492 e. The van der Waals surface area contributed by atoms with Crippen molar-refractivity contribution in [3.05, 3.63) is 19.3 Å². The molecule has 0 radical (unpaired) electrons. The maximum Gasteiger partial charge on any atom is 0.133 e. The molecule has 16 heavy (non-hydrogen) atoms. The third-order valence-electron chi connectivity index (χ3n) is 1.91. The molecule has 0 unspecified atom stereocenters. The summed E-state index contributed by atoms with van der Waals surface area (Å²) in [6, 6.07) is 4.09. The van der Waals surface area contributed by atoms with Crippen molar-refractivity contribution < 1.29 is 9.47 Å². The summed E-state index contributed by atoms with van der Waals surface area (Å²) < 4.78 is 13.5. The van der Waals surface area contributed by atoms with Crippen molar-refractivity contribution in [3.8, 4) is 11.5 Å². The van der Waals surface area contributed by atoms with Crippen LogP contribution in [0.15, 0.2) is 12.1 Å². The minimum Gasteiger partial charge on any atom is -0.492 e. The molecule has 0 fully saturated rings. The lowest BCUT2D eigenvalue weighted by molar-refractivity contribution is 0.305. The Kier molecular flexibility index (Phi) is 6.79. The van der Waals surface area contributed by atoms with Crippen molar-refractivity contribution in [2.45, 2.75) is 26.7 Å². The molecular formula is C12H16I2O2. The van der Waals surface area contributed by atoms with Gasteiger partial charge >= 0.3 is 0 Å². The summed E-state index contributed by atoms with van der Waals surface area (Å²) in [6.07, 6.45) is 2.06. The van der Waals surface area contributed by atoms with Crippen LogP contribution in [0.25, 0.3) is 0 Å². The van der Waals surface area contributed by atoms with Gasteiger partial charge in [0, 0.05) is 0 Å². The zero-order valence-electron chi connectivity index (χ0n) is 9.56. The Labute approximate surface area is 124 Å².